The van der Waals surface area contributed by atoms with Crippen molar-refractivity contribution in [1.29, 1.82) is 0 Å². The van der Waals surface area contributed by atoms with Crippen LogP contribution in [0.3, 0.4) is 0 Å². The lowest BCUT2D eigenvalue weighted by molar-refractivity contribution is 0.157. The Hall–Kier alpha value is -1.11. The Bertz CT molecular complexity index is 374. The summed E-state index contributed by atoms with van der Waals surface area (Å²) in [5, 5.41) is 12.4. The number of methoxy groups -OCH3 is 1. The molecule has 0 aromatic heterocycles. The predicted octanol–water partition coefficient (Wildman–Crippen LogP) is 1.37. The van der Waals surface area contributed by atoms with E-state index in [1.807, 2.05) is 0 Å². The Morgan fingerprint density at radius 1 is 1.24 bits per heavy atom. The van der Waals surface area contributed by atoms with Crippen molar-refractivity contribution in [3.63, 3.8) is 0 Å². The molecule has 0 saturated carbocycles. The molecular weight excluding hydrogens is 235 g/mol. The second-order valence-corrected chi connectivity index (χ2v) is 3.50. The highest BCUT2D eigenvalue weighted by atomic mass is 19.2. The number of hydrogen-bond acceptors (Lipinski definition) is 3. The van der Waals surface area contributed by atoms with Gasteiger partial charge in [-0.05, 0) is 6.07 Å². The lowest BCUT2D eigenvalue weighted by Crippen LogP contribution is -2.25. The molecule has 0 bridgehead atoms. The minimum atomic E-state index is -1.27. The van der Waals surface area contributed by atoms with Crippen molar-refractivity contribution < 1.29 is 23.0 Å². The minimum absolute atomic E-state index is 0.0331. The van der Waals surface area contributed by atoms with Crippen LogP contribution in [0.2, 0.25) is 0 Å². The van der Waals surface area contributed by atoms with Crippen LogP contribution >= 0.6 is 0 Å². The van der Waals surface area contributed by atoms with Crippen LogP contribution in [0.25, 0.3) is 0 Å². The zero-order chi connectivity index (χ0) is 12.8. The van der Waals surface area contributed by atoms with Gasteiger partial charge in [0.2, 0.25) is 0 Å². The highest BCUT2D eigenvalue weighted by molar-refractivity contribution is 5.22. The van der Waals surface area contributed by atoms with E-state index in [4.69, 9.17) is 4.74 Å². The Labute approximate surface area is 97.2 Å². The molecule has 0 spiro atoms. The number of halogens is 3. The van der Waals surface area contributed by atoms with Crippen molar-refractivity contribution in [2.45, 2.75) is 6.10 Å². The second kappa shape index (κ2) is 6.58. The Morgan fingerprint density at radius 3 is 2.53 bits per heavy atom. The van der Waals surface area contributed by atoms with E-state index in [0.29, 0.717) is 25.3 Å². The van der Waals surface area contributed by atoms with Crippen molar-refractivity contribution in [1.82, 2.24) is 5.32 Å². The van der Waals surface area contributed by atoms with E-state index in [-0.39, 0.29) is 12.1 Å². The number of aliphatic hydroxyl groups excluding tert-OH is 1. The summed E-state index contributed by atoms with van der Waals surface area (Å²) in [7, 11) is 1.52. The molecule has 0 saturated heterocycles. The summed E-state index contributed by atoms with van der Waals surface area (Å²) in [5.41, 5.74) is -0.270. The number of nitrogens with one attached hydrogen (secondary N) is 1. The zero-order valence-electron chi connectivity index (χ0n) is 9.34. The molecule has 96 valence electrons. The fourth-order valence-corrected chi connectivity index (χ4v) is 1.32. The van der Waals surface area contributed by atoms with Crippen LogP contribution in [0.4, 0.5) is 13.2 Å². The maximum absolute atomic E-state index is 13.2. The van der Waals surface area contributed by atoms with Crippen molar-refractivity contribution in [3.05, 3.63) is 35.1 Å². The number of benzene rings is 1. The van der Waals surface area contributed by atoms with E-state index in [1.165, 1.54) is 7.11 Å². The normalized spacial score (nSPS) is 12.8. The molecule has 0 aliphatic rings. The first-order valence-corrected chi connectivity index (χ1v) is 5.08. The van der Waals surface area contributed by atoms with Gasteiger partial charge in [0, 0.05) is 31.8 Å². The summed E-state index contributed by atoms with van der Waals surface area (Å²) < 4.78 is 43.5. The number of rotatable bonds is 6. The first-order valence-electron chi connectivity index (χ1n) is 5.08. The topological polar surface area (TPSA) is 41.5 Å². The molecule has 3 nitrogen and oxygen atoms in total. The number of ether oxygens (including phenoxy) is 1. The van der Waals surface area contributed by atoms with Crippen LogP contribution in [0.15, 0.2) is 12.1 Å². The van der Waals surface area contributed by atoms with E-state index in [1.54, 1.807) is 0 Å². The van der Waals surface area contributed by atoms with E-state index >= 15 is 0 Å². The van der Waals surface area contributed by atoms with Crippen LogP contribution in [-0.4, -0.2) is 31.9 Å². The molecule has 0 fully saturated rings. The number of aliphatic hydroxyl groups is 1. The molecular formula is C11H14F3NO2. The van der Waals surface area contributed by atoms with Gasteiger partial charge in [-0.25, -0.2) is 13.2 Å². The van der Waals surface area contributed by atoms with Crippen LogP contribution < -0.4 is 5.32 Å². The molecule has 17 heavy (non-hydrogen) atoms. The average Bonchev–Trinajstić information content (AvgIpc) is 2.29. The Kier molecular flexibility index (Phi) is 5.40. The summed E-state index contributed by atoms with van der Waals surface area (Å²) in [5.74, 6) is -3.42. The molecule has 0 aliphatic heterocycles. The molecule has 1 atom stereocenters. The van der Waals surface area contributed by atoms with Crippen LogP contribution in [0, 0.1) is 17.5 Å². The zero-order valence-corrected chi connectivity index (χ0v) is 9.34. The van der Waals surface area contributed by atoms with Crippen molar-refractivity contribution in [3.8, 4) is 0 Å². The summed E-state index contributed by atoms with van der Waals surface area (Å²) >= 11 is 0. The first kappa shape index (κ1) is 14.0. The molecule has 1 aromatic rings. The fourth-order valence-electron chi connectivity index (χ4n) is 1.32. The minimum Gasteiger partial charge on any atom is -0.387 e. The molecule has 2 N–H and O–H groups in total. The third kappa shape index (κ3) is 3.99. The number of hydrogen-bond donors (Lipinski definition) is 2. The highest BCUT2D eigenvalue weighted by Gasteiger charge is 2.16. The maximum Gasteiger partial charge on any atom is 0.161 e. The maximum atomic E-state index is 13.2. The van der Waals surface area contributed by atoms with Gasteiger partial charge in [0.05, 0.1) is 12.7 Å². The molecule has 1 rings (SSSR count). The van der Waals surface area contributed by atoms with Gasteiger partial charge in [-0.3, -0.25) is 0 Å². The standard InChI is InChI=1S/C11H14F3NO2/c1-17-3-2-15-6-11(16)7-4-9(13)10(14)5-8(7)12/h4-5,11,15-16H,2-3,6H2,1H3. The summed E-state index contributed by atoms with van der Waals surface area (Å²) in [6.45, 7) is 0.942. The van der Waals surface area contributed by atoms with Gasteiger partial charge < -0.3 is 15.2 Å². The van der Waals surface area contributed by atoms with Crippen molar-refractivity contribution >= 4 is 0 Å². The van der Waals surface area contributed by atoms with E-state index in [9.17, 15) is 18.3 Å². The van der Waals surface area contributed by atoms with E-state index < -0.39 is 23.6 Å². The van der Waals surface area contributed by atoms with Crippen LogP contribution in [0.5, 0.6) is 0 Å². The van der Waals surface area contributed by atoms with E-state index in [0.717, 1.165) is 0 Å². The molecule has 0 amide bonds. The molecule has 0 radical (unpaired) electrons. The SMILES string of the molecule is COCCNCC(O)c1cc(F)c(F)cc1F. The third-order valence-electron chi connectivity index (χ3n) is 2.22. The third-order valence-corrected chi connectivity index (χ3v) is 2.22. The summed E-state index contributed by atoms with van der Waals surface area (Å²) in [6, 6.07) is 1.08. The second-order valence-electron chi connectivity index (χ2n) is 3.50. The molecule has 6 heteroatoms. The van der Waals surface area contributed by atoms with E-state index in [2.05, 4.69) is 5.32 Å². The highest BCUT2D eigenvalue weighted by Crippen LogP contribution is 2.19. The van der Waals surface area contributed by atoms with Gasteiger partial charge in [0.25, 0.3) is 0 Å². The van der Waals surface area contributed by atoms with Gasteiger partial charge >= 0.3 is 0 Å². The Balaban J connectivity index is 2.62. The van der Waals surface area contributed by atoms with Crippen molar-refractivity contribution in [2.24, 2.45) is 0 Å². The lowest BCUT2D eigenvalue weighted by atomic mass is 10.1. The summed E-state index contributed by atoms with van der Waals surface area (Å²) in [6.07, 6.45) is -1.23. The smallest absolute Gasteiger partial charge is 0.161 e. The summed E-state index contributed by atoms with van der Waals surface area (Å²) in [4.78, 5) is 0. The monoisotopic (exact) mass is 249 g/mol. The first-order chi connectivity index (χ1) is 8.06. The van der Waals surface area contributed by atoms with Gasteiger partial charge in [-0.15, -0.1) is 0 Å². The lowest BCUT2D eigenvalue weighted by Gasteiger charge is -2.13. The van der Waals surface area contributed by atoms with Gasteiger partial charge in [0.1, 0.15) is 5.82 Å². The molecule has 1 unspecified atom stereocenters. The van der Waals surface area contributed by atoms with Crippen molar-refractivity contribution in [2.75, 3.05) is 26.8 Å². The van der Waals surface area contributed by atoms with Crippen LogP contribution in [-0.2, 0) is 4.74 Å². The van der Waals surface area contributed by atoms with Crippen LogP contribution in [0.1, 0.15) is 11.7 Å². The quantitative estimate of drug-likeness (QED) is 0.591. The average molecular weight is 249 g/mol. The molecule has 1 aromatic carbocycles. The Morgan fingerprint density at radius 2 is 1.88 bits per heavy atom. The molecule has 0 heterocycles. The van der Waals surface area contributed by atoms with Gasteiger partial charge in [0.15, 0.2) is 11.6 Å². The fraction of sp³-hybridized carbons (Fsp3) is 0.455. The van der Waals surface area contributed by atoms with Gasteiger partial charge in [-0.1, -0.05) is 0 Å². The van der Waals surface area contributed by atoms with Gasteiger partial charge in [-0.2, -0.15) is 0 Å². The largest absolute Gasteiger partial charge is 0.387 e. The molecule has 0 aliphatic carbocycles. The predicted molar refractivity (Wildman–Crippen MR) is 56.0 cm³/mol.